The average molecular weight is 348 g/mol. The van der Waals surface area contributed by atoms with Crippen LogP contribution in [0, 0.1) is 0 Å². The van der Waals surface area contributed by atoms with Gasteiger partial charge in [-0.05, 0) is 43.9 Å². The van der Waals surface area contributed by atoms with Gasteiger partial charge < -0.3 is 15.0 Å². The van der Waals surface area contributed by atoms with Crippen LogP contribution in [0.25, 0.3) is 0 Å². The first-order chi connectivity index (χ1) is 12.0. The third kappa shape index (κ3) is 6.40. The van der Waals surface area contributed by atoms with Crippen LogP contribution < -0.4 is 10.1 Å². The van der Waals surface area contributed by atoms with Crippen molar-refractivity contribution in [1.29, 1.82) is 0 Å². The van der Waals surface area contributed by atoms with Crippen LogP contribution >= 0.6 is 0 Å². The van der Waals surface area contributed by atoms with Gasteiger partial charge in [0.25, 0.3) is 0 Å². The van der Waals surface area contributed by atoms with E-state index in [1.165, 1.54) is 0 Å². The minimum absolute atomic E-state index is 0.0180. The molecule has 0 heterocycles. The summed E-state index contributed by atoms with van der Waals surface area (Å²) in [5.74, 6) is 0.719. The number of hydrogen-bond donors (Lipinski definition) is 1. The zero-order valence-electron chi connectivity index (χ0n) is 16.2. The predicted molar refractivity (Wildman–Crippen MR) is 100 cm³/mol. The molecule has 0 bridgehead atoms. The van der Waals surface area contributed by atoms with Gasteiger partial charge in [-0.2, -0.15) is 0 Å². The SMILES string of the molecule is CCCC(=O)N(Cc1ccc(OC)cc1)[C@H](CC)C(=O)N[C@@H](C)CC. The number of carbonyl (C=O) groups excluding carboxylic acids is 2. The summed E-state index contributed by atoms with van der Waals surface area (Å²) in [6.07, 6.45) is 2.67. The highest BCUT2D eigenvalue weighted by Gasteiger charge is 2.28. The minimum Gasteiger partial charge on any atom is -0.497 e. The Bertz CT molecular complexity index is 542. The van der Waals surface area contributed by atoms with Gasteiger partial charge in [0.15, 0.2) is 0 Å². The topological polar surface area (TPSA) is 58.6 Å². The second-order valence-electron chi connectivity index (χ2n) is 6.36. The van der Waals surface area contributed by atoms with Crippen molar-refractivity contribution in [2.24, 2.45) is 0 Å². The maximum absolute atomic E-state index is 12.7. The second-order valence-corrected chi connectivity index (χ2v) is 6.36. The van der Waals surface area contributed by atoms with E-state index in [4.69, 9.17) is 4.74 Å². The van der Waals surface area contributed by atoms with Crippen molar-refractivity contribution in [3.05, 3.63) is 29.8 Å². The van der Waals surface area contributed by atoms with E-state index in [9.17, 15) is 9.59 Å². The summed E-state index contributed by atoms with van der Waals surface area (Å²) in [5.41, 5.74) is 0.986. The number of carbonyl (C=O) groups is 2. The highest BCUT2D eigenvalue weighted by atomic mass is 16.5. The molecule has 0 aliphatic heterocycles. The number of nitrogens with one attached hydrogen (secondary N) is 1. The number of benzene rings is 1. The molecule has 0 fully saturated rings. The van der Waals surface area contributed by atoms with E-state index in [1.807, 2.05) is 52.0 Å². The summed E-state index contributed by atoms with van der Waals surface area (Å²) in [6.45, 7) is 8.36. The number of hydrogen-bond acceptors (Lipinski definition) is 3. The van der Waals surface area contributed by atoms with E-state index >= 15 is 0 Å². The van der Waals surface area contributed by atoms with Gasteiger partial charge in [0.2, 0.25) is 11.8 Å². The smallest absolute Gasteiger partial charge is 0.243 e. The van der Waals surface area contributed by atoms with Crippen LogP contribution in [0.2, 0.25) is 0 Å². The van der Waals surface area contributed by atoms with E-state index in [0.717, 1.165) is 24.2 Å². The van der Waals surface area contributed by atoms with Crippen molar-refractivity contribution < 1.29 is 14.3 Å². The number of ether oxygens (including phenoxy) is 1. The monoisotopic (exact) mass is 348 g/mol. The maximum atomic E-state index is 12.7. The maximum Gasteiger partial charge on any atom is 0.243 e. The number of methoxy groups -OCH3 is 1. The molecule has 0 aliphatic rings. The van der Waals surface area contributed by atoms with Crippen LogP contribution in [0.1, 0.15) is 58.9 Å². The van der Waals surface area contributed by atoms with E-state index in [-0.39, 0.29) is 17.9 Å². The van der Waals surface area contributed by atoms with Crippen molar-refractivity contribution in [1.82, 2.24) is 10.2 Å². The Balaban J connectivity index is 2.99. The van der Waals surface area contributed by atoms with Gasteiger partial charge in [-0.15, -0.1) is 0 Å². The first-order valence-corrected chi connectivity index (χ1v) is 9.19. The summed E-state index contributed by atoms with van der Waals surface area (Å²) in [5, 5.41) is 3.01. The quantitative estimate of drug-likeness (QED) is 0.704. The average Bonchev–Trinajstić information content (AvgIpc) is 2.62. The van der Waals surface area contributed by atoms with Gasteiger partial charge in [-0.25, -0.2) is 0 Å². The summed E-state index contributed by atoms with van der Waals surface area (Å²) in [6, 6.07) is 7.27. The van der Waals surface area contributed by atoms with Crippen LogP contribution in [0.15, 0.2) is 24.3 Å². The van der Waals surface area contributed by atoms with Crippen molar-refractivity contribution >= 4 is 11.8 Å². The molecule has 0 aromatic heterocycles. The van der Waals surface area contributed by atoms with Gasteiger partial charge in [0.05, 0.1) is 7.11 Å². The standard InChI is InChI=1S/C20H32N2O3/c1-6-9-19(23)22(14-16-10-12-17(25-5)13-11-16)18(8-3)20(24)21-15(4)7-2/h10-13,15,18H,6-9,14H2,1-5H3,(H,21,24)/t15-,18+/m0/s1. The largest absolute Gasteiger partial charge is 0.497 e. The van der Waals surface area contributed by atoms with Crippen LogP contribution in [0.3, 0.4) is 0 Å². The summed E-state index contributed by atoms with van der Waals surface area (Å²) in [7, 11) is 1.62. The lowest BCUT2D eigenvalue weighted by atomic mass is 10.1. The van der Waals surface area contributed by atoms with Gasteiger partial charge >= 0.3 is 0 Å². The molecule has 2 amide bonds. The molecule has 25 heavy (non-hydrogen) atoms. The van der Waals surface area contributed by atoms with Crippen molar-refractivity contribution in [2.45, 2.75) is 72.0 Å². The van der Waals surface area contributed by atoms with Gasteiger partial charge in [0, 0.05) is 19.0 Å². The third-order valence-electron chi connectivity index (χ3n) is 4.36. The zero-order chi connectivity index (χ0) is 18.8. The van der Waals surface area contributed by atoms with Crippen LogP contribution in [0.4, 0.5) is 0 Å². The Morgan fingerprint density at radius 3 is 2.24 bits per heavy atom. The van der Waals surface area contributed by atoms with Gasteiger partial charge in [0.1, 0.15) is 11.8 Å². The molecule has 1 N–H and O–H groups in total. The second kappa shape index (κ2) is 10.7. The van der Waals surface area contributed by atoms with Crippen LogP contribution in [0.5, 0.6) is 5.75 Å². The summed E-state index contributed by atoms with van der Waals surface area (Å²) in [4.78, 5) is 27.0. The molecule has 1 aromatic rings. The normalized spacial score (nSPS) is 13.0. The molecule has 0 radical (unpaired) electrons. The Morgan fingerprint density at radius 2 is 1.76 bits per heavy atom. The molecule has 5 nitrogen and oxygen atoms in total. The van der Waals surface area contributed by atoms with E-state index < -0.39 is 6.04 Å². The third-order valence-corrected chi connectivity index (χ3v) is 4.36. The number of rotatable bonds is 10. The molecular formula is C20H32N2O3. The van der Waals surface area contributed by atoms with E-state index in [1.54, 1.807) is 12.0 Å². The van der Waals surface area contributed by atoms with E-state index in [2.05, 4.69) is 5.32 Å². The summed E-state index contributed by atoms with van der Waals surface area (Å²) < 4.78 is 5.18. The fraction of sp³-hybridized carbons (Fsp3) is 0.600. The molecule has 0 saturated carbocycles. The highest BCUT2D eigenvalue weighted by Crippen LogP contribution is 2.17. The van der Waals surface area contributed by atoms with Crippen molar-refractivity contribution in [3.63, 3.8) is 0 Å². The highest BCUT2D eigenvalue weighted by molar-refractivity contribution is 5.87. The van der Waals surface area contributed by atoms with E-state index in [0.29, 0.717) is 19.4 Å². The Kier molecular flexibility index (Phi) is 9.03. The molecular weight excluding hydrogens is 316 g/mol. The van der Waals surface area contributed by atoms with Crippen LogP contribution in [-0.2, 0) is 16.1 Å². The van der Waals surface area contributed by atoms with Crippen molar-refractivity contribution in [3.8, 4) is 5.75 Å². The predicted octanol–water partition coefficient (Wildman–Crippen LogP) is 3.52. The molecule has 0 saturated heterocycles. The number of amides is 2. The minimum atomic E-state index is -0.449. The van der Waals surface area contributed by atoms with Gasteiger partial charge in [-0.3, -0.25) is 9.59 Å². The molecule has 0 spiro atoms. The van der Waals surface area contributed by atoms with Crippen LogP contribution in [-0.4, -0.2) is 35.9 Å². The molecule has 5 heteroatoms. The lowest BCUT2D eigenvalue weighted by molar-refractivity contribution is -0.141. The Morgan fingerprint density at radius 1 is 1.12 bits per heavy atom. The molecule has 140 valence electrons. The first kappa shape index (κ1) is 21.0. The zero-order valence-corrected chi connectivity index (χ0v) is 16.2. The molecule has 1 aromatic carbocycles. The first-order valence-electron chi connectivity index (χ1n) is 9.19. The Hall–Kier alpha value is -2.04. The molecule has 0 aliphatic carbocycles. The fourth-order valence-corrected chi connectivity index (χ4v) is 2.65. The Labute approximate surface area is 151 Å². The number of nitrogens with zero attached hydrogens (tertiary/aromatic N) is 1. The lowest BCUT2D eigenvalue weighted by Gasteiger charge is -2.31. The summed E-state index contributed by atoms with van der Waals surface area (Å²) >= 11 is 0. The molecule has 2 atom stereocenters. The fourth-order valence-electron chi connectivity index (χ4n) is 2.65. The van der Waals surface area contributed by atoms with Gasteiger partial charge in [-0.1, -0.05) is 32.9 Å². The lowest BCUT2D eigenvalue weighted by Crippen LogP contribution is -2.50. The molecule has 1 rings (SSSR count). The molecule has 0 unspecified atom stereocenters. The van der Waals surface area contributed by atoms with Crippen molar-refractivity contribution in [2.75, 3.05) is 7.11 Å².